The summed E-state index contributed by atoms with van der Waals surface area (Å²) in [6.07, 6.45) is 5.02. The van der Waals surface area contributed by atoms with Gasteiger partial charge < -0.3 is 15.2 Å². The molecule has 0 fully saturated rings. The SMILES string of the molecule is Cc1ccc(-c2nc3ccc(Cl)cn3n2)cc1NC(=O)c1cnc2cc(COCC(C)(C)O)ccn12. The van der Waals surface area contributed by atoms with E-state index in [4.69, 9.17) is 16.3 Å². The number of carbonyl (C=O) groups is 1. The molecule has 4 aromatic heterocycles. The van der Waals surface area contributed by atoms with Crippen molar-refractivity contribution in [3.8, 4) is 11.4 Å². The van der Waals surface area contributed by atoms with Crippen molar-refractivity contribution in [1.82, 2.24) is 24.0 Å². The van der Waals surface area contributed by atoms with E-state index in [1.54, 1.807) is 53.5 Å². The number of benzene rings is 1. The van der Waals surface area contributed by atoms with Crippen LogP contribution in [0.3, 0.4) is 0 Å². The Morgan fingerprint density at radius 1 is 1.17 bits per heavy atom. The van der Waals surface area contributed by atoms with E-state index in [9.17, 15) is 9.90 Å². The number of imidazole rings is 1. The lowest BCUT2D eigenvalue weighted by Crippen LogP contribution is -2.25. The van der Waals surface area contributed by atoms with Gasteiger partial charge in [-0.1, -0.05) is 23.7 Å². The van der Waals surface area contributed by atoms with Crippen molar-refractivity contribution in [2.75, 3.05) is 11.9 Å². The number of hydrogen-bond donors (Lipinski definition) is 2. The Kier molecular flexibility index (Phi) is 6.21. The highest BCUT2D eigenvalue weighted by Gasteiger charge is 2.16. The molecule has 4 heterocycles. The first kappa shape index (κ1) is 23.9. The molecule has 10 heteroatoms. The first-order chi connectivity index (χ1) is 17.2. The molecular formula is C26H25ClN6O3. The Morgan fingerprint density at radius 3 is 2.81 bits per heavy atom. The first-order valence-electron chi connectivity index (χ1n) is 11.4. The average Bonchev–Trinajstić information content (AvgIpc) is 3.43. The van der Waals surface area contributed by atoms with Crippen LogP contribution in [0.5, 0.6) is 0 Å². The zero-order valence-corrected chi connectivity index (χ0v) is 20.8. The van der Waals surface area contributed by atoms with Crippen molar-refractivity contribution in [1.29, 1.82) is 0 Å². The molecule has 0 spiro atoms. The van der Waals surface area contributed by atoms with Gasteiger partial charge in [0, 0.05) is 23.6 Å². The molecule has 184 valence electrons. The van der Waals surface area contributed by atoms with Gasteiger partial charge in [-0.25, -0.2) is 14.5 Å². The summed E-state index contributed by atoms with van der Waals surface area (Å²) in [7, 11) is 0. The number of hydrogen-bond acceptors (Lipinski definition) is 6. The van der Waals surface area contributed by atoms with Gasteiger partial charge in [0.25, 0.3) is 5.91 Å². The lowest BCUT2D eigenvalue weighted by atomic mass is 10.1. The second-order valence-electron chi connectivity index (χ2n) is 9.28. The number of aliphatic hydroxyl groups is 1. The van der Waals surface area contributed by atoms with E-state index in [2.05, 4.69) is 20.4 Å². The minimum atomic E-state index is -0.896. The summed E-state index contributed by atoms with van der Waals surface area (Å²) in [5, 5.41) is 17.9. The number of fused-ring (bicyclic) bond motifs is 2. The van der Waals surface area contributed by atoms with Crippen molar-refractivity contribution in [2.45, 2.75) is 33.0 Å². The van der Waals surface area contributed by atoms with Gasteiger partial charge in [-0.3, -0.25) is 9.20 Å². The van der Waals surface area contributed by atoms with E-state index in [0.717, 1.165) is 16.7 Å². The second-order valence-corrected chi connectivity index (χ2v) is 9.72. The van der Waals surface area contributed by atoms with E-state index < -0.39 is 5.60 Å². The van der Waals surface area contributed by atoms with E-state index in [1.165, 1.54) is 0 Å². The van der Waals surface area contributed by atoms with Gasteiger partial charge in [-0.2, -0.15) is 0 Å². The maximum Gasteiger partial charge on any atom is 0.274 e. The summed E-state index contributed by atoms with van der Waals surface area (Å²) in [5.41, 5.74) is 4.03. The lowest BCUT2D eigenvalue weighted by molar-refractivity contribution is -0.0268. The summed E-state index contributed by atoms with van der Waals surface area (Å²) < 4.78 is 8.91. The third kappa shape index (κ3) is 5.08. The van der Waals surface area contributed by atoms with E-state index in [0.29, 0.717) is 40.1 Å². The van der Waals surface area contributed by atoms with Gasteiger partial charge in [0.2, 0.25) is 0 Å². The quantitative estimate of drug-likeness (QED) is 0.337. The van der Waals surface area contributed by atoms with Gasteiger partial charge in [0.05, 0.1) is 30.0 Å². The molecular weight excluding hydrogens is 480 g/mol. The Morgan fingerprint density at radius 2 is 2.00 bits per heavy atom. The predicted octanol–water partition coefficient (Wildman–Crippen LogP) is 4.55. The first-order valence-corrected chi connectivity index (χ1v) is 11.7. The van der Waals surface area contributed by atoms with Crippen molar-refractivity contribution in [3.63, 3.8) is 0 Å². The van der Waals surface area contributed by atoms with Crippen LogP contribution in [0.4, 0.5) is 5.69 Å². The molecule has 0 aliphatic carbocycles. The monoisotopic (exact) mass is 504 g/mol. The average molecular weight is 505 g/mol. The van der Waals surface area contributed by atoms with Gasteiger partial charge in [0.1, 0.15) is 11.3 Å². The highest BCUT2D eigenvalue weighted by molar-refractivity contribution is 6.30. The fraction of sp³-hybridized carbons (Fsp3) is 0.231. The van der Waals surface area contributed by atoms with Crippen LogP contribution in [0.25, 0.3) is 22.7 Å². The molecule has 1 aromatic carbocycles. The number of nitrogens with zero attached hydrogens (tertiary/aromatic N) is 5. The molecule has 0 bridgehead atoms. The Labute approximate surface area is 212 Å². The zero-order valence-electron chi connectivity index (χ0n) is 20.1. The Balaban J connectivity index is 1.36. The van der Waals surface area contributed by atoms with Crippen molar-refractivity contribution < 1.29 is 14.6 Å². The maximum atomic E-state index is 13.2. The number of amides is 1. The third-order valence-corrected chi connectivity index (χ3v) is 5.80. The maximum absolute atomic E-state index is 13.2. The number of carbonyl (C=O) groups excluding carboxylic acids is 1. The highest BCUT2D eigenvalue weighted by atomic mass is 35.5. The van der Waals surface area contributed by atoms with Gasteiger partial charge in [-0.15, -0.1) is 5.10 Å². The number of pyridine rings is 2. The Bertz CT molecular complexity index is 1580. The van der Waals surface area contributed by atoms with Gasteiger partial charge in [0.15, 0.2) is 11.5 Å². The predicted molar refractivity (Wildman–Crippen MR) is 137 cm³/mol. The standard InChI is InChI=1S/C26H25ClN6O3/c1-16-4-5-18(24-30-22-7-6-19(27)13-33(22)31-24)11-20(16)29-25(34)21-12-28-23-10-17(8-9-32(21)23)14-36-15-26(2,3)35/h4-13,35H,14-15H2,1-3H3,(H,29,34). The fourth-order valence-corrected chi connectivity index (χ4v) is 3.92. The molecule has 0 atom stereocenters. The van der Waals surface area contributed by atoms with Crippen molar-refractivity contribution in [3.05, 3.63) is 82.9 Å². The molecule has 9 nitrogen and oxygen atoms in total. The molecule has 2 N–H and O–H groups in total. The normalized spacial score (nSPS) is 11.9. The summed E-state index contributed by atoms with van der Waals surface area (Å²) in [4.78, 5) is 22.1. The summed E-state index contributed by atoms with van der Waals surface area (Å²) in [6, 6.07) is 13.0. The summed E-state index contributed by atoms with van der Waals surface area (Å²) in [5.74, 6) is 0.241. The number of ether oxygens (including phenoxy) is 1. The number of aryl methyl sites for hydroxylation is 1. The van der Waals surface area contributed by atoms with E-state index in [-0.39, 0.29) is 12.5 Å². The van der Waals surface area contributed by atoms with Crippen LogP contribution in [0, 0.1) is 6.92 Å². The highest BCUT2D eigenvalue weighted by Crippen LogP contribution is 2.25. The molecule has 0 aliphatic rings. The number of nitrogens with one attached hydrogen (secondary N) is 1. The van der Waals surface area contributed by atoms with Crippen LogP contribution in [-0.4, -0.2) is 47.2 Å². The van der Waals surface area contributed by atoms with Gasteiger partial charge >= 0.3 is 0 Å². The molecule has 0 unspecified atom stereocenters. The van der Waals surface area contributed by atoms with Crippen LogP contribution in [0.2, 0.25) is 5.02 Å². The zero-order chi connectivity index (χ0) is 25.4. The van der Waals surface area contributed by atoms with E-state index >= 15 is 0 Å². The molecule has 5 aromatic rings. The summed E-state index contributed by atoms with van der Waals surface area (Å²) in [6.45, 7) is 5.86. The largest absolute Gasteiger partial charge is 0.388 e. The summed E-state index contributed by atoms with van der Waals surface area (Å²) >= 11 is 6.06. The molecule has 5 rings (SSSR count). The smallest absolute Gasteiger partial charge is 0.274 e. The van der Waals surface area contributed by atoms with Crippen LogP contribution in [-0.2, 0) is 11.3 Å². The number of aromatic nitrogens is 5. The molecule has 0 saturated carbocycles. The molecule has 0 saturated heterocycles. The molecule has 0 radical (unpaired) electrons. The minimum absolute atomic E-state index is 0.219. The number of rotatable bonds is 7. The topological polar surface area (TPSA) is 106 Å². The van der Waals surface area contributed by atoms with Crippen LogP contribution in [0.1, 0.15) is 35.5 Å². The fourth-order valence-electron chi connectivity index (χ4n) is 3.76. The van der Waals surface area contributed by atoms with Crippen LogP contribution < -0.4 is 5.32 Å². The van der Waals surface area contributed by atoms with Crippen LogP contribution >= 0.6 is 11.6 Å². The Hall–Kier alpha value is -3.79. The second kappa shape index (κ2) is 9.34. The van der Waals surface area contributed by atoms with Crippen LogP contribution in [0.15, 0.2) is 61.1 Å². The molecule has 0 aliphatic heterocycles. The number of anilines is 1. The molecule has 36 heavy (non-hydrogen) atoms. The number of halogens is 1. The van der Waals surface area contributed by atoms with Crippen molar-refractivity contribution >= 4 is 34.5 Å². The third-order valence-electron chi connectivity index (χ3n) is 5.57. The lowest BCUT2D eigenvalue weighted by Gasteiger charge is -2.16. The van der Waals surface area contributed by atoms with Crippen molar-refractivity contribution in [2.24, 2.45) is 0 Å². The van der Waals surface area contributed by atoms with E-state index in [1.807, 2.05) is 37.3 Å². The molecule has 1 amide bonds. The minimum Gasteiger partial charge on any atom is -0.388 e. The van der Waals surface area contributed by atoms with Gasteiger partial charge in [-0.05, 0) is 62.2 Å².